The first-order valence-corrected chi connectivity index (χ1v) is 6.76. The molecule has 14 heavy (non-hydrogen) atoms. The van der Waals surface area contributed by atoms with Gasteiger partial charge in [0.1, 0.15) is 5.78 Å². The van der Waals surface area contributed by atoms with Crippen molar-refractivity contribution in [1.29, 1.82) is 0 Å². The summed E-state index contributed by atoms with van der Waals surface area (Å²) in [7, 11) is -2.92. The molecule has 0 aromatic rings. The molecule has 2 N–H and O–H groups in total. The highest BCUT2D eigenvalue weighted by Gasteiger charge is 2.44. The van der Waals surface area contributed by atoms with Gasteiger partial charge in [-0.25, -0.2) is 8.42 Å². The van der Waals surface area contributed by atoms with Crippen molar-refractivity contribution in [3.8, 4) is 0 Å². The summed E-state index contributed by atoms with van der Waals surface area (Å²) in [4.78, 5) is 11.3. The van der Waals surface area contributed by atoms with Gasteiger partial charge in [0.25, 0.3) is 0 Å². The average Bonchev–Trinajstić information content (AvgIpc) is 1.99. The lowest BCUT2D eigenvalue weighted by Crippen LogP contribution is -2.48. The van der Waals surface area contributed by atoms with Gasteiger partial charge in [-0.1, -0.05) is 0 Å². The van der Waals surface area contributed by atoms with Crippen molar-refractivity contribution in [2.75, 3.05) is 18.1 Å². The first kappa shape index (κ1) is 10.1. The maximum atomic E-state index is 11.5. The van der Waals surface area contributed by atoms with Gasteiger partial charge in [-0.2, -0.15) is 0 Å². The summed E-state index contributed by atoms with van der Waals surface area (Å²) in [6.07, 6.45) is 0.829. The fraction of sp³-hybridized carbons (Fsp3) is 0.889. The normalized spacial score (nSPS) is 40.9. The lowest BCUT2D eigenvalue weighted by molar-refractivity contribution is -0.124. The van der Waals surface area contributed by atoms with Gasteiger partial charge in [0, 0.05) is 12.8 Å². The summed E-state index contributed by atoms with van der Waals surface area (Å²) in [5, 5.41) is 0. The number of Topliss-reactive ketones (excluding diaryl/α,β-unsaturated/α-hetero) is 1. The highest BCUT2D eigenvalue weighted by molar-refractivity contribution is 7.91. The van der Waals surface area contributed by atoms with Crippen molar-refractivity contribution in [2.24, 2.45) is 23.5 Å². The summed E-state index contributed by atoms with van der Waals surface area (Å²) in [5.74, 6) is 0.764. The SMILES string of the molecule is NCC1C2CC(=O)CC1CS(=O)(=O)C2. The first-order chi connectivity index (χ1) is 6.52. The van der Waals surface area contributed by atoms with E-state index in [1.165, 1.54) is 0 Å². The Bertz CT molecular complexity index is 325. The summed E-state index contributed by atoms with van der Waals surface area (Å²) in [5.41, 5.74) is 5.62. The van der Waals surface area contributed by atoms with Crippen molar-refractivity contribution >= 4 is 15.6 Å². The molecule has 0 radical (unpaired) electrons. The van der Waals surface area contributed by atoms with E-state index in [0.717, 1.165) is 0 Å². The molecule has 1 saturated heterocycles. The van der Waals surface area contributed by atoms with E-state index >= 15 is 0 Å². The summed E-state index contributed by atoms with van der Waals surface area (Å²) in [6.45, 7) is 0.512. The molecule has 1 saturated carbocycles. The van der Waals surface area contributed by atoms with E-state index in [1.807, 2.05) is 0 Å². The number of carbonyl (C=O) groups excluding carboxylic acids is 1. The second kappa shape index (κ2) is 3.31. The molecule has 0 aromatic carbocycles. The molecule has 2 unspecified atom stereocenters. The van der Waals surface area contributed by atoms with Crippen LogP contribution in [-0.2, 0) is 14.6 Å². The Hall–Kier alpha value is -0.420. The van der Waals surface area contributed by atoms with Gasteiger partial charge in [0.15, 0.2) is 9.84 Å². The zero-order chi connectivity index (χ0) is 10.3. The number of nitrogens with two attached hydrogens (primary N) is 1. The Morgan fingerprint density at radius 3 is 2.14 bits per heavy atom. The highest BCUT2D eigenvalue weighted by Crippen LogP contribution is 2.38. The molecule has 1 heterocycles. The summed E-state index contributed by atoms with van der Waals surface area (Å²) < 4.78 is 23.0. The van der Waals surface area contributed by atoms with Gasteiger partial charge in [-0.3, -0.25) is 4.79 Å². The Morgan fingerprint density at radius 2 is 1.71 bits per heavy atom. The Kier molecular flexibility index (Phi) is 2.39. The van der Waals surface area contributed by atoms with E-state index < -0.39 is 9.84 Å². The van der Waals surface area contributed by atoms with Gasteiger partial charge in [-0.15, -0.1) is 0 Å². The molecule has 2 fully saturated rings. The van der Waals surface area contributed by atoms with E-state index in [2.05, 4.69) is 0 Å². The van der Waals surface area contributed by atoms with Gasteiger partial charge in [0.05, 0.1) is 11.5 Å². The van der Waals surface area contributed by atoms with E-state index in [0.29, 0.717) is 19.4 Å². The minimum atomic E-state index is -2.92. The minimum Gasteiger partial charge on any atom is -0.330 e. The van der Waals surface area contributed by atoms with Crippen molar-refractivity contribution in [3.63, 3.8) is 0 Å². The van der Waals surface area contributed by atoms with Crippen molar-refractivity contribution < 1.29 is 13.2 Å². The molecule has 2 rings (SSSR count). The van der Waals surface area contributed by atoms with E-state index in [1.54, 1.807) is 0 Å². The van der Waals surface area contributed by atoms with Crippen LogP contribution in [0, 0.1) is 17.8 Å². The molecule has 0 aromatic heterocycles. The quantitative estimate of drug-likeness (QED) is 0.647. The van der Waals surface area contributed by atoms with Gasteiger partial charge in [0.2, 0.25) is 0 Å². The van der Waals surface area contributed by atoms with E-state index in [-0.39, 0.29) is 35.0 Å². The van der Waals surface area contributed by atoms with E-state index in [9.17, 15) is 13.2 Å². The number of carbonyl (C=O) groups is 1. The third-order valence-electron chi connectivity index (χ3n) is 3.40. The van der Waals surface area contributed by atoms with E-state index in [4.69, 9.17) is 5.73 Å². The zero-order valence-electron chi connectivity index (χ0n) is 7.98. The molecular formula is C9H15NO3S. The van der Waals surface area contributed by atoms with Crippen molar-refractivity contribution in [2.45, 2.75) is 12.8 Å². The third kappa shape index (κ3) is 1.70. The maximum Gasteiger partial charge on any atom is 0.150 e. The summed E-state index contributed by atoms with van der Waals surface area (Å²) in [6, 6.07) is 0. The second-order valence-corrected chi connectivity index (χ2v) is 6.60. The second-order valence-electron chi connectivity index (χ2n) is 4.44. The largest absolute Gasteiger partial charge is 0.330 e. The molecular weight excluding hydrogens is 202 g/mol. The van der Waals surface area contributed by atoms with Crippen LogP contribution in [-0.4, -0.2) is 32.3 Å². The van der Waals surface area contributed by atoms with Crippen LogP contribution in [0.3, 0.4) is 0 Å². The monoisotopic (exact) mass is 217 g/mol. The summed E-state index contributed by atoms with van der Waals surface area (Å²) >= 11 is 0. The van der Waals surface area contributed by atoms with Gasteiger partial charge >= 0.3 is 0 Å². The third-order valence-corrected chi connectivity index (χ3v) is 5.27. The predicted octanol–water partition coefficient (Wildman–Crippen LogP) is -0.415. The number of hydrogen-bond acceptors (Lipinski definition) is 4. The Morgan fingerprint density at radius 1 is 1.21 bits per heavy atom. The Labute approximate surface area is 83.8 Å². The molecule has 0 spiro atoms. The van der Waals surface area contributed by atoms with Crippen molar-refractivity contribution in [1.82, 2.24) is 0 Å². The molecule has 0 amide bonds. The molecule has 1 aliphatic carbocycles. The molecule has 5 heteroatoms. The van der Waals surface area contributed by atoms with Crippen LogP contribution < -0.4 is 5.73 Å². The molecule has 80 valence electrons. The number of rotatable bonds is 1. The van der Waals surface area contributed by atoms with Crippen LogP contribution in [0.1, 0.15) is 12.8 Å². The van der Waals surface area contributed by atoms with Crippen LogP contribution in [0.4, 0.5) is 0 Å². The minimum absolute atomic E-state index is 0.00926. The van der Waals surface area contributed by atoms with Gasteiger partial charge < -0.3 is 5.73 Å². The number of ketones is 1. The highest BCUT2D eigenvalue weighted by atomic mass is 32.2. The molecule has 4 nitrogen and oxygen atoms in total. The van der Waals surface area contributed by atoms with Crippen LogP contribution >= 0.6 is 0 Å². The average molecular weight is 217 g/mol. The lowest BCUT2D eigenvalue weighted by Gasteiger charge is -2.40. The van der Waals surface area contributed by atoms with Crippen LogP contribution in [0.25, 0.3) is 0 Å². The fourth-order valence-electron chi connectivity index (χ4n) is 2.83. The standard InChI is InChI=1S/C9H15NO3S/c10-3-9-6-1-8(11)2-7(9)5-14(12,13)4-6/h6-7,9H,1-5,10H2. The molecule has 2 atom stereocenters. The number of sulfone groups is 1. The molecule has 2 bridgehead atoms. The number of fused-ring (bicyclic) bond motifs is 2. The fourth-order valence-corrected chi connectivity index (χ4v) is 5.00. The number of hydrogen-bond donors (Lipinski definition) is 1. The lowest BCUT2D eigenvalue weighted by atomic mass is 9.72. The smallest absolute Gasteiger partial charge is 0.150 e. The zero-order valence-corrected chi connectivity index (χ0v) is 8.79. The van der Waals surface area contributed by atoms with Crippen LogP contribution in [0.15, 0.2) is 0 Å². The van der Waals surface area contributed by atoms with Crippen LogP contribution in [0.5, 0.6) is 0 Å². The molecule has 2 aliphatic rings. The maximum absolute atomic E-state index is 11.5. The van der Waals surface area contributed by atoms with Crippen molar-refractivity contribution in [3.05, 3.63) is 0 Å². The Balaban J connectivity index is 2.27. The topological polar surface area (TPSA) is 77.2 Å². The van der Waals surface area contributed by atoms with Crippen LogP contribution in [0.2, 0.25) is 0 Å². The molecule has 1 aliphatic heterocycles. The van der Waals surface area contributed by atoms with Gasteiger partial charge in [-0.05, 0) is 24.3 Å². The predicted molar refractivity (Wildman–Crippen MR) is 52.4 cm³/mol. The first-order valence-electron chi connectivity index (χ1n) is 4.94.